The monoisotopic (exact) mass is 324 g/mol. The summed E-state index contributed by atoms with van der Waals surface area (Å²) in [4.78, 5) is 16.5. The Balaban J connectivity index is 1.73. The molecular formula is C18H16N2O2S. The average molecular weight is 324 g/mol. The van der Waals surface area contributed by atoms with E-state index in [1.54, 1.807) is 0 Å². The van der Waals surface area contributed by atoms with Gasteiger partial charge < -0.3 is 9.30 Å². The second kappa shape index (κ2) is 6.08. The van der Waals surface area contributed by atoms with Crippen molar-refractivity contribution < 1.29 is 9.53 Å². The summed E-state index contributed by atoms with van der Waals surface area (Å²) >= 11 is 1.51. The highest BCUT2D eigenvalue weighted by molar-refractivity contribution is 8.00. The lowest BCUT2D eigenvalue weighted by molar-refractivity contribution is -0.137. The first-order valence-electron chi connectivity index (χ1n) is 7.64. The maximum absolute atomic E-state index is 11.8. The molecule has 0 amide bonds. The number of hydrogen-bond acceptors (Lipinski definition) is 4. The Morgan fingerprint density at radius 3 is 2.70 bits per heavy atom. The van der Waals surface area contributed by atoms with Crippen LogP contribution in [0.3, 0.4) is 0 Å². The van der Waals surface area contributed by atoms with E-state index in [-0.39, 0.29) is 11.2 Å². The van der Waals surface area contributed by atoms with Crippen molar-refractivity contribution in [2.75, 3.05) is 6.61 Å². The average Bonchev–Trinajstić information content (AvgIpc) is 3.13. The zero-order valence-corrected chi connectivity index (χ0v) is 13.3. The number of carbonyl (C=O) groups excluding carboxylic acids is 1. The second-order valence-electron chi connectivity index (χ2n) is 5.52. The SMILES string of the molecule is O=C1OCC[C@@H]1Sc1nc2ccccc2n1Cc1ccccc1. The smallest absolute Gasteiger partial charge is 0.319 e. The molecule has 1 aliphatic heterocycles. The molecule has 0 saturated carbocycles. The molecule has 0 N–H and O–H groups in total. The normalized spacial score (nSPS) is 17.6. The number of hydrogen-bond donors (Lipinski definition) is 0. The number of fused-ring (bicyclic) bond motifs is 1. The van der Waals surface area contributed by atoms with Crippen molar-refractivity contribution in [1.82, 2.24) is 9.55 Å². The van der Waals surface area contributed by atoms with Crippen molar-refractivity contribution in [2.24, 2.45) is 0 Å². The first-order chi connectivity index (χ1) is 11.3. The quantitative estimate of drug-likeness (QED) is 0.689. The number of ether oxygens (including phenoxy) is 1. The molecule has 5 heteroatoms. The van der Waals surface area contributed by atoms with E-state index in [1.165, 1.54) is 17.3 Å². The van der Waals surface area contributed by atoms with Gasteiger partial charge in [0.25, 0.3) is 0 Å². The van der Waals surface area contributed by atoms with E-state index in [0.717, 1.165) is 29.2 Å². The van der Waals surface area contributed by atoms with Crippen molar-refractivity contribution in [1.29, 1.82) is 0 Å². The number of esters is 1. The highest BCUT2D eigenvalue weighted by Crippen LogP contribution is 2.32. The topological polar surface area (TPSA) is 44.1 Å². The van der Waals surface area contributed by atoms with Gasteiger partial charge >= 0.3 is 5.97 Å². The Hall–Kier alpha value is -2.27. The lowest BCUT2D eigenvalue weighted by Gasteiger charge is -2.10. The van der Waals surface area contributed by atoms with Gasteiger partial charge in [0.1, 0.15) is 5.25 Å². The molecule has 4 rings (SSSR count). The third kappa shape index (κ3) is 2.84. The minimum absolute atomic E-state index is 0.131. The molecule has 2 heterocycles. The van der Waals surface area contributed by atoms with Crippen LogP contribution in [0.4, 0.5) is 0 Å². The predicted octanol–water partition coefficient (Wildman–Crippen LogP) is 3.49. The molecule has 1 aliphatic rings. The molecule has 0 bridgehead atoms. The van der Waals surface area contributed by atoms with Gasteiger partial charge in [0.2, 0.25) is 0 Å². The molecule has 4 nitrogen and oxygen atoms in total. The van der Waals surface area contributed by atoms with Gasteiger partial charge in [-0.2, -0.15) is 0 Å². The molecule has 0 unspecified atom stereocenters. The van der Waals surface area contributed by atoms with Gasteiger partial charge in [0.15, 0.2) is 5.16 Å². The van der Waals surface area contributed by atoms with Crippen LogP contribution in [0.5, 0.6) is 0 Å². The van der Waals surface area contributed by atoms with Gasteiger partial charge in [-0.3, -0.25) is 4.79 Å². The van der Waals surface area contributed by atoms with Gasteiger partial charge in [-0.15, -0.1) is 0 Å². The van der Waals surface area contributed by atoms with E-state index in [4.69, 9.17) is 9.72 Å². The van der Waals surface area contributed by atoms with Gasteiger partial charge in [-0.1, -0.05) is 54.2 Å². The first-order valence-corrected chi connectivity index (χ1v) is 8.52. The van der Waals surface area contributed by atoms with E-state index in [9.17, 15) is 4.79 Å². The summed E-state index contributed by atoms with van der Waals surface area (Å²) in [7, 11) is 0. The third-order valence-corrected chi connectivity index (χ3v) is 5.17. The van der Waals surface area contributed by atoms with E-state index in [0.29, 0.717) is 6.61 Å². The Bertz CT molecular complexity index is 845. The number of cyclic esters (lactones) is 1. The summed E-state index contributed by atoms with van der Waals surface area (Å²) in [6, 6.07) is 18.4. The Labute approximate surface area is 138 Å². The number of imidazole rings is 1. The van der Waals surface area contributed by atoms with Crippen molar-refractivity contribution in [2.45, 2.75) is 23.4 Å². The fraction of sp³-hybridized carbons (Fsp3) is 0.222. The van der Waals surface area contributed by atoms with Crippen LogP contribution in [0.15, 0.2) is 59.8 Å². The molecule has 1 atom stereocenters. The van der Waals surface area contributed by atoms with Crippen LogP contribution >= 0.6 is 11.8 Å². The van der Waals surface area contributed by atoms with E-state index in [2.05, 4.69) is 22.8 Å². The molecule has 0 spiro atoms. The molecule has 1 saturated heterocycles. The van der Waals surface area contributed by atoms with Crippen molar-refractivity contribution >= 4 is 28.8 Å². The molecule has 2 aromatic carbocycles. The van der Waals surface area contributed by atoms with Crippen LogP contribution < -0.4 is 0 Å². The number of benzene rings is 2. The number of thioether (sulfide) groups is 1. The fourth-order valence-corrected chi connectivity index (χ4v) is 3.85. The number of para-hydroxylation sites is 2. The molecular weight excluding hydrogens is 308 g/mol. The molecule has 1 aromatic heterocycles. The number of carbonyl (C=O) groups is 1. The fourth-order valence-electron chi connectivity index (χ4n) is 2.77. The standard InChI is InChI=1S/C18H16N2O2S/c21-17-16(10-11-22-17)23-18-19-14-8-4-5-9-15(14)20(18)12-13-6-2-1-3-7-13/h1-9,16H,10-12H2/t16-/m0/s1. The molecule has 3 aromatic rings. The summed E-state index contributed by atoms with van der Waals surface area (Å²) in [6.07, 6.45) is 0.748. The van der Waals surface area contributed by atoms with Crippen LogP contribution in [0.25, 0.3) is 11.0 Å². The second-order valence-corrected chi connectivity index (χ2v) is 6.69. The van der Waals surface area contributed by atoms with Gasteiger partial charge in [-0.25, -0.2) is 4.98 Å². The van der Waals surface area contributed by atoms with Crippen LogP contribution in [-0.4, -0.2) is 27.4 Å². The summed E-state index contributed by atoms with van der Waals surface area (Å²) in [5.74, 6) is -0.131. The third-order valence-electron chi connectivity index (χ3n) is 3.94. The van der Waals surface area contributed by atoms with Crippen molar-refractivity contribution in [3.05, 3.63) is 60.2 Å². The maximum atomic E-state index is 11.8. The van der Waals surface area contributed by atoms with E-state index in [1.807, 2.05) is 36.4 Å². The summed E-state index contributed by atoms with van der Waals surface area (Å²) in [5.41, 5.74) is 3.26. The van der Waals surface area contributed by atoms with E-state index < -0.39 is 0 Å². The Morgan fingerprint density at radius 1 is 1.13 bits per heavy atom. The van der Waals surface area contributed by atoms with Crippen LogP contribution in [0, 0.1) is 0 Å². The molecule has 23 heavy (non-hydrogen) atoms. The van der Waals surface area contributed by atoms with Crippen molar-refractivity contribution in [3.8, 4) is 0 Å². The van der Waals surface area contributed by atoms with Crippen LogP contribution in [0.1, 0.15) is 12.0 Å². The zero-order valence-electron chi connectivity index (χ0n) is 12.5. The maximum Gasteiger partial charge on any atom is 0.319 e. The minimum atomic E-state index is -0.152. The predicted molar refractivity (Wildman–Crippen MR) is 90.5 cm³/mol. The summed E-state index contributed by atoms with van der Waals surface area (Å²) in [6.45, 7) is 1.25. The summed E-state index contributed by atoms with van der Waals surface area (Å²) in [5, 5.41) is 0.722. The zero-order chi connectivity index (χ0) is 15.6. The lowest BCUT2D eigenvalue weighted by Crippen LogP contribution is -2.11. The molecule has 1 fully saturated rings. The van der Waals surface area contributed by atoms with Gasteiger partial charge in [-0.05, 0) is 17.7 Å². The lowest BCUT2D eigenvalue weighted by atomic mass is 10.2. The largest absolute Gasteiger partial charge is 0.465 e. The Morgan fingerprint density at radius 2 is 1.91 bits per heavy atom. The van der Waals surface area contributed by atoms with Gasteiger partial charge in [0.05, 0.1) is 24.2 Å². The number of rotatable bonds is 4. The Kier molecular flexibility index (Phi) is 3.79. The van der Waals surface area contributed by atoms with E-state index >= 15 is 0 Å². The highest BCUT2D eigenvalue weighted by atomic mass is 32.2. The first kappa shape index (κ1) is 14.3. The van der Waals surface area contributed by atoms with Gasteiger partial charge in [0, 0.05) is 6.42 Å². The number of nitrogens with zero attached hydrogens (tertiary/aromatic N) is 2. The summed E-state index contributed by atoms with van der Waals surface area (Å²) < 4.78 is 7.25. The molecule has 0 radical (unpaired) electrons. The van der Waals surface area contributed by atoms with Crippen LogP contribution in [0.2, 0.25) is 0 Å². The molecule has 0 aliphatic carbocycles. The number of aromatic nitrogens is 2. The minimum Gasteiger partial charge on any atom is -0.465 e. The highest BCUT2D eigenvalue weighted by Gasteiger charge is 2.29. The van der Waals surface area contributed by atoms with Crippen molar-refractivity contribution in [3.63, 3.8) is 0 Å². The van der Waals surface area contributed by atoms with Crippen LogP contribution in [-0.2, 0) is 16.1 Å². The molecule has 116 valence electrons.